The van der Waals surface area contributed by atoms with Gasteiger partial charge < -0.3 is 10.4 Å². The molecule has 0 aliphatic rings. The van der Waals surface area contributed by atoms with Gasteiger partial charge in [-0.05, 0) is 31.5 Å². The van der Waals surface area contributed by atoms with E-state index in [0.29, 0.717) is 6.42 Å². The number of primary sulfonamides is 1. The van der Waals surface area contributed by atoms with Gasteiger partial charge in [0.2, 0.25) is 10.0 Å². The first kappa shape index (κ1) is 16.4. The molecule has 0 aliphatic carbocycles. The molecule has 20 heavy (non-hydrogen) atoms. The summed E-state index contributed by atoms with van der Waals surface area (Å²) in [5.74, 6) is -1.80. The van der Waals surface area contributed by atoms with E-state index in [1.54, 1.807) is 13.8 Å². The van der Waals surface area contributed by atoms with Gasteiger partial charge in [0.05, 0.1) is 16.0 Å². The highest BCUT2D eigenvalue weighted by atomic mass is 32.2. The Morgan fingerprint density at radius 1 is 1.50 bits per heavy atom. The maximum absolute atomic E-state index is 13.7. The summed E-state index contributed by atoms with van der Waals surface area (Å²) in [6.07, 6.45) is 0.367. The molecule has 0 radical (unpaired) electrons. The Morgan fingerprint density at radius 3 is 2.50 bits per heavy atom. The summed E-state index contributed by atoms with van der Waals surface area (Å²) in [6.45, 7) is 3.28. The molecule has 1 aromatic carbocycles. The minimum absolute atomic E-state index is 0.0183. The fourth-order valence-electron chi connectivity index (χ4n) is 1.46. The molecule has 0 aromatic heterocycles. The van der Waals surface area contributed by atoms with Gasteiger partial charge in [0.25, 0.3) is 0 Å². The molecule has 1 unspecified atom stereocenters. The maximum atomic E-state index is 13.7. The zero-order valence-electron chi connectivity index (χ0n) is 11.2. The molecule has 0 bridgehead atoms. The summed E-state index contributed by atoms with van der Waals surface area (Å²) in [4.78, 5) is 10.8. The van der Waals surface area contributed by atoms with Crippen molar-refractivity contribution in [2.75, 3.05) is 11.9 Å². The number of carbonyl (C=O) groups is 1. The van der Waals surface area contributed by atoms with E-state index in [-0.39, 0.29) is 17.1 Å². The third-order valence-corrected chi connectivity index (χ3v) is 4.15. The molecule has 1 rings (SSSR count). The van der Waals surface area contributed by atoms with Crippen molar-refractivity contribution in [2.45, 2.75) is 25.2 Å². The van der Waals surface area contributed by atoms with Gasteiger partial charge >= 0.3 is 5.97 Å². The average Bonchev–Trinajstić information content (AvgIpc) is 2.35. The Bertz CT molecular complexity index is 618. The van der Waals surface area contributed by atoms with Crippen LogP contribution in [0.15, 0.2) is 23.1 Å². The topological polar surface area (TPSA) is 109 Å². The third-order valence-electron chi connectivity index (χ3n) is 3.23. The smallest absolute Gasteiger partial charge is 0.311 e. The van der Waals surface area contributed by atoms with Crippen molar-refractivity contribution >= 4 is 21.7 Å². The molecule has 8 heteroatoms. The zero-order valence-corrected chi connectivity index (χ0v) is 12.0. The summed E-state index contributed by atoms with van der Waals surface area (Å²) in [6, 6.07) is 3.17. The Kier molecular flexibility index (Phi) is 4.72. The van der Waals surface area contributed by atoms with Crippen molar-refractivity contribution in [3.8, 4) is 0 Å². The molecule has 4 N–H and O–H groups in total. The number of hydrogen-bond acceptors (Lipinski definition) is 4. The van der Waals surface area contributed by atoms with Crippen LogP contribution in [0, 0.1) is 11.2 Å². The SMILES string of the molecule is CCC(C)(CNc1ccc(S(N)(=O)=O)cc1F)C(=O)O. The van der Waals surface area contributed by atoms with Crippen LogP contribution in [0.25, 0.3) is 0 Å². The van der Waals surface area contributed by atoms with E-state index in [4.69, 9.17) is 10.2 Å². The number of anilines is 1. The van der Waals surface area contributed by atoms with E-state index in [0.717, 1.165) is 12.1 Å². The second kappa shape index (κ2) is 5.76. The Balaban J connectivity index is 2.93. The van der Waals surface area contributed by atoms with Gasteiger partial charge in [-0.2, -0.15) is 0 Å². The van der Waals surface area contributed by atoms with Crippen LogP contribution in [0.4, 0.5) is 10.1 Å². The third kappa shape index (κ3) is 3.67. The minimum Gasteiger partial charge on any atom is -0.481 e. The summed E-state index contributed by atoms with van der Waals surface area (Å²) in [5.41, 5.74) is -1.01. The van der Waals surface area contributed by atoms with Crippen molar-refractivity contribution in [1.82, 2.24) is 0 Å². The fraction of sp³-hybridized carbons (Fsp3) is 0.417. The van der Waals surface area contributed by atoms with Crippen molar-refractivity contribution in [1.29, 1.82) is 0 Å². The largest absolute Gasteiger partial charge is 0.481 e. The predicted molar refractivity (Wildman–Crippen MR) is 72.3 cm³/mol. The molecule has 0 saturated carbocycles. The second-order valence-electron chi connectivity index (χ2n) is 4.76. The van der Waals surface area contributed by atoms with Crippen LogP contribution < -0.4 is 10.5 Å². The van der Waals surface area contributed by atoms with Crippen molar-refractivity contribution < 1.29 is 22.7 Å². The number of carboxylic acids is 1. The fourth-order valence-corrected chi connectivity index (χ4v) is 1.98. The van der Waals surface area contributed by atoms with Gasteiger partial charge in [0.15, 0.2) is 0 Å². The van der Waals surface area contributed by atoms with Gasteiger partial charge in [-0.3, -0.25) is 4.79 Å². The minimum atomic E-state index is -3.97. The molecule has 1 atom stereocenters. The number of carboxylic acid groups (broad SMARTS) is 1. The number of benzene rings is 1. The van der Waals surface area contributed by atoms with Gasteiger partial charge in [0, 0.05) is 6.54 Å². The quantitative estimate of drug-likeness (QED) is 0.735. The van der Waals surface area contributed by atoms with E-state index >= 15 is 0 Å². The molecule has 0 fully saturated rings. The highest BCUT2D eigenvalue weighted by molar-refractivity contribution is 7.89. The molecule has 1 aromatic rings. The monoisotopic (exact) mass is 304 g/mol. The number of aliphatic carboxylic acids is 1. The summed E-state index contributed by atoms with van der Waals surface area (Å²) in [7, 11) is -3.97. The summed E-state index contributed by atoms with van der Waals surface area (Å²) >= 11 is 0. The normalized spacial score (nSPS) is 14.6. The first-order valence-corrected chi connectivity index (χ1v) is 7.44. The molecule has 0 saturated heterocycles. The van der Waals surface area contributed by atoms with E-state index in [9.17, 15) is 17.6 Å². The lowest BCUT2D eigenvalue weighted by Crippen LogP contribution is -2.34. The molecular formula is C12H17FN2O4S. The molecular weight excluding hydrogens is 287 g/mol. The second-order valence-corrected chi connectivity index (χ2v) is 6.32. The Labute approximate surface area is 116 Å². The molecule has 0 heterocycles. The summed E-state index contributed by atoms with van der Waals surface area (Å²) < 4.78 is 35.9. The van der Waals surface area contributed by atoms with Crippen molar-refractivity contribution in [2.24, 2.45) is 10.6 Å². The zero-order chi connectivity index (χ0) is 15.6. The van der Waals surface area contributed by atoms with Crippen LogP contribution in [-0.2, 0) is 14.8 Å². The molecule has 0 spiro atoms. The first-order chi connectivity index (χ1) is 9.10. The van der Waals surface area contributed by atoms with Crippen LogP contribution in [-0.4, -0.2) is 26.0 Å². The van der Waals surface area contributed by atoms with Crippen LogP contribution >= 0.6 is 0 Å². The number of sulfonamides is 1. The first-order valence-electron chi connectivity index (χ1n) is 5.90. The van der Waals surface area contributed by atoms with Crippen molar-refractivity contribution in [3.05, 3.63) is 24.0 Å². The highest BCUT2D eigenvalue weighted by Crippen LogP contribution is 2.24. The van der Waals surface area contributed by atoms with E-state index in [2.05, 4.69) is 5.32 Å². The van der Waals surface area contributed by atoms with E-state index in [1.807, 2.05) is 0 Å². The summed E-state index contributed by atoms with van der Waals surface area (Å²) in [5, 5.41) is 16.7. The lowest BCUT2D eigenvalue weighted by Gasteiger charge is -2.24. The van der Waals surface area contributed by atoms with Crippen LogP contribution in [0.2, 0.25) is 0 Å². The average molecular weight is 304 g/mol. The number of nitrogens with two attached hydrogens (primary N) is 1. The lowest BCUT2D eigenvalue weighted by atomic mass is 9.87. The van der Waals surface area contributed by atoms with E-state index in [1.165, 1.54) is 6.07 Å². The number of halogens is 1. The van der Waals surface area contributed by atoms with Gasteiger partial charge in [-0.1, -0.05) is 6.92 Å². The van der Waals surface area contributed by atoms with Gasteiger partial charge in [-0.25, -0.2) is 17.9 Å². The lowest BCUT2D eigenvalue weighted by molar-refractivity contribution is -0.147. The Morgan fingerprint density at radius 2 is 2.10 bits per heavy atom. The van der Waals surface area contributed by atoms with Crippen molar-refractivity contribution in [3.63, 3.8) is 0 Å². The number of nitrogens with one attached hydrogen (secondary N) is 1. The molecule has 112 valence electrons. The Hall–Kier alpha value is -1.67. The van der Waals surface area contributed by atoms with Crippen LogP contribution in [0.3, 0.4) is 0 Å². The van der Waals surface area contributed by atoms with E-state index < -0.39 is 27.2 Å². The standard InChI is InChI=1S/C12H17FN2O4S/c1-3-12(2,11(16)17)7-15-10-5-4-8(6-9(10)13)20(14,18)19/h4-6,15H,3,7H2,1-2H3,(H,16,17)(H2,14,18,19). The van der Waals surface area contributed by atoms with Gasteiger partial charge in [0.1, 0.15) is 5.82 Å². The van der Waals surface area contributed by atoms with Crippen LogP contribution in [0.1, 0.15) is 20.3 Å². The number of rotatable bonds is 6. The highest BCUT2D eigenvalue weighted by Gasteiger charge is 2.31. The molecule has 6 nitrogen and oxygen atoms in total. The van der Waals surface area contributed by atoms with Gasteiger partial charge in [-0.15, -0.1) is 0 Å². The maximum Gasteiger partial charge on any atom is 0.311 e. The predicted octanol–water partition coefficient (Wildman–Crippen LogP) is 1.39. The number of hydrogen-bond donors (Lipinski definition) is 3. The molecule has 0 aliphatic heterocycles. The molecule has 0 amide bonds. The van der Waals surface area contributed by atoms with Crippen LogP contribution in [0.5, 0.6) is 0 Å².